The maximum Gasteiger partial charge on any atom is 0.330 e. The molecule has 34 heavy (non-hydrogen) atoms. The molecule has 2 aromatic rings. The van der Waals surface area contributed by atoms with Crippen LogP contribution < -0.4 is 10.1 Å². The molecule has 0 spiro atoms. The summed E-state index contributed by atoms with van der Waals surface area (Å²) in [5, 5.41) is 2.74. The lowest BCUT2D eigenvalue weighted by molar-refractivity contribution is -0.149. The Hall–Kier alpha value is -2.91. The third-order valence-electron chi connectivity index (χ3n) is 5.95. The Morgan fingerprint density at radius 1 is 1.00 bits per heavy atom. The monoisotopic (exact) mass is 498 g/mol. The van der Waals surface area contributed by atoms with Gasteiger partial charge in [0.25, 0.3) is 5.91 Å². The Bertz CT molecular complexity index is 1110. The molecule has 2 fully saturated rings. The molecule has 2 aliphatic rings. The number of carbonyl (C=O) groups excluding carboxylic acids is 3. The number of fused-ring (bicyclic) bond motifs is 1. The third kappa shape index (κ3) is 4.54. The summed E-state index contributed by atoms with van der Waals surface area (Å²) >= 11 is 7.19. The number of Topliss-reactive ketones (excluding diaryl/α,β-unsaturated/α-hetero) is 1. The van der Waals surface area contributed by atoms with Crippen LogP contribution in [0.5, 0.6) is 5.75 Å². The smallest absolute Gasteiger partial charge is 0.330 e. The zero-order valence-electron chi connectivity index (χ0n) is 19.1. The SMILES string of the molecule is CC1(C)S[C@H]2N(C(=S)[C@]2(C)NC(=O)COc2ccccc2)[C@H]1C(=O)OCC(=O)c1ccccc1. The van der Waals surface area contributed by atoms with E-state index in [0.29, 0.717) is 16.3 Å². The normalized spacial score (nSPS) is 24.6. The fraction of sp³-hybridized carbons (Fsp3) is 0.360. The van der Waals surface area contributed by atoms with Crippen molar-refractivity contribution in [3.05, 3.63) is 66.2 Å². The first kappa shape index (κ1) is 24.2. The average Bonchev–Trinajstić information content (AvgIpc) is 3.11. The lowest BCUT2D eigenvalue weighted by Crippen LogP contribution is -2.77. The number of esters is 1. The maximum atomic E-state index is 13.0. The van der Waals surface area contributed by atoms with Crippen molar-refractivity contribution in [3.8, 4) is 5.75 Å². The molecule has 0 aliphatic carbocycles. The summed E-state index contributed by atoms with van der Waals surface area (Å²) in [5.41, 5.74) is -0.316. The number of benzene rings is 2. The van der Waals surface area contributed by atoms with Crippen molar-refractivity contribution < 1.29 is 23.9 Å². The van der Waals surface area contributed by atoms with Gasteiger partial charge in [-0.05, 0) is 32.9 Å². The molecule has 2 aliphatic heterocycles. The molecule has 4 rings (SSSR count). The van der Waals surface area contributed by atoms with E-state index in [0.717, 1.165) is 0 Å². The van der Waals surface area contributed by atoms with Crippen LogP contribution in [-0.2, 0) is 14.3 Å². The number of ketones is 1. The van der Waals surface area contributed by atoms with E-state index in [9.17, 15) is 14.4 Å². The number of amides is 1. The van der Waals surface area contributed by atoms with Crippen LogP contribution in [0, 0.1) is 0 Å². The number of thioether (sulfide) groups is 1. The number of nitrogens with one attached hydrogen (secondary N) is 1. The van der Waals surface area contributed by atoms with Gasteiger partial charge in [-0.3, -0.25) is 9.59 Å². The van der Waals surface area contributed by atoms with Gasteiger partial charge in [0.05, 0.1) is 0 Å². The molecule has 2 heterocycles. The number of hydrogen-bond acceptors (Lipinski definition) is 7. The number of carbonyl (C=O) groups is 3. The second kappa shape index (κ2) is 9.38. The van der Waals surface area contributed by atoms with E-state index in [2.05, 4.69) is 5.32 Å². The molecular formula is C25H26N2O5S2. The van der Waals surface area contributed by atoms with Gasteiger partial charge in [0.2, 0.25) is 0 Å². The molecule has 0 saturated carbocycles. The molecule has 0 unspecified atom stereocenters. The third-order valence-corrected chi connectivity index (χ3v) is 8.34. The molecule has 2 aromatic carbocycles. The Balaban J connectivity index is 1.38. The number of ether oxygens (including phenoxy) is 2. The van der Waals surface area contributed by atoms with Gasteiger partial charge in [0, 0.05) is 10.3 Å². The Labute approximate surface area is 208 Å². The highest BCUT2D eigenvalue weighted by Gasteiger charge is 2.67. The molecule has 1 N–H and O–H groups in total. The van der Waals surface area contributed by atoms with Crippen LogP contribution in [0.2, 0.25) is 0 Å². The summed E-state index contributed by atoms with van der Waals surface area (Å²) in [6, 6.07) is 17.1. The van der Waals surface area contributed by atoms with Gasteiger partial charge in [-0.2, -0.15) is 0 Å². The van der Waals surface area contributed by atoms with Crippen molar-refractivity contribution in [1.82, 2.24) is 10.2 Å². The fourth-order valence-corrected chi connectivity index (χ4v) is 6.41. The quantitative estimate of drug-likeness (QED) is 0.337. The van der Waals surface area contributed by atoms with Gasteiger partial charge in [-0.1, -0.05) is 60.7 Å². The van der Waals surface area contributed by atoms with E-state index in [4.69, 9.17) is 21.7 Å². The first-order chi connectivity index (χ1) is 16.1. The van der Waals surface area contributed by atoms with Crippen molar-refractivity contribution in [1.29, 1.82) is 0 Å². The number of rotatable bonds is 8. The summed E-state index contributed by atoms with van der Waals surface area (Å²) in [7, 11) is 0. The molecule has 0 bridgehead atoms. The van der Waals surface area contributed by atoms with Crippen LogP contribution in [0.15, 0.2) is 60.7 Å². The van der Waals surface area contributed by atoms with E-state index < -0.39 is 22.3 Å². The topological polar surface area (TPSA) is 84.9 Å². The number of hydrogen-bond donors (Lipinski definition) is 1. The molecule has 7 nitrogen and oxygen atoms in total. The van der Waals surface area contributed by atoms with E-state index in [-0.39, 0.29) is 30.3 Å². The van der Waals surface area contributed by atoms with Crippen molar-refractivity contribution in [2.24, 2.45) is 0 Å². The number of para-hydroxylation sites is 1. The van der Waals surface area contributed by atoms with E-state index in [1.54, 1.807) is 48.2 Å². The van der Waals surface area contributed by atoms with Crippen LogP contribution in [-0.4, -0.2) is 62.5 Å². The molecule has 3 atom stereocenters. The largest absolute Gasteiger partial charge is 0.484 e. The molecular weight excluding hydrogens is 472 g/mol. The van der Waals surface area contributed by atoms with E-state index in [1.807, 2.05) is 49.9 Å². The van der Waals surface area contributed by atoms with Gasteiger partial charge in [0.1, 0.15) is 27.7 Å². The highest BCUT2D eigenvalue weighted by molar-refractivity contribution is 8.02. The molecule has 1 amide bonds. The second-order valence-electron chi connectivity index (χ2n) is 8.94. The first-order valence-corrected chi connectivity index (χ1v) is 12.2. The van der Waals surface area contributed by atoms with Gasteiger partial charge >= 0.3 is 5.97 Å². The number of nitrogens with zero attached hydrogens (tertiary/aromatic N) is 1. The second-order valence-corrected chi connectivity index (χ2v) is 11.1. The fourth-order valence-electron chi connectivity index (χ4n) is 4.23. The van der Waals surface area contributed by atoms with Crippen LogP contribution in [0.1, 0.15) is 31.1 Å². The molecule has 9 heteroatoms. The van der Waals surface area contributed by atoms with Crippen LogP contribution in [0.3, 0.4) is 0 Å². The molecule has 2 saturated heterocycles. The highest BCUT2D eigenvalue weighted by atomic mass is 32.2. The Morgan fingerprint density at radius 2 is 1.62 bits per heavy atom. The highest BCUT2D eigenvalue weighted by Crippen LogP contribution is 2.55. The Kier molecular flexibility index (Phi) is 6.69. The van der Waals surface area contributed by atoms with E-state index in [1.165, 1.54) is 0 Å². The van der Waals surface area contributed by atoms with Crippen LogP contribution >= 0.6 is 24.0 Å². The minimum atomic E-state index is -0.802. The zero-order chi connectivity index (χ0) is 24.5. The first-order valence-electron chi connectivity index (χ1n) is 10.9. The molecule has 0 radical (unpaired) electrons. The van der Waals surface area contributed by atoms with E-state index >= 15 is 0 Å². The summed E-state index contributed by atoms with van der Waals surface area (Å²) in [4.78, 5) is 40.3. The average molecular weight is 499 g/mol. The van der Waals surface area contributed by atoms with Crippen LogP contribution in [0.25, 0.3) is 0 Å². The zero-order valence-corrected chi connectivity index (χ0v) is 20.8. The minimum absolute atomic E-state index is 0.143. The van der Waals surface area contributed by atoms with Crippen molar-refractivity contribution in [2.45, 2.75) is 42.5 Å². The summed E-state index contributed by atoms with van der Waals surface area (Å²) < 4.78 is 10.4. The lowest BCUT2D eigenvalue weighted by Gasteiger charge is -2.54. The van der Waals surface area contributed by atoms with Crippen molar-refractivity contribution >= 4 is 46.6 Å². The number of thiocarbonyl (C=S) groups is 1. The standard InChI is InChI=1S/C25H26N2O5S2/c1-24(2)20(21(30)32-14-18(28)16-10-6-4-7-11-16)27-22(33)25(3,23(27)34-24)26-19(29)15-31-17-12-8-5-9-13-17/h4-13,20,23H,14-15H2,1-3H3,(H,26,29)/t20-,23+,25-/m0/s1. The van der Waals surface area contributed by atoms with Gasteiger partial charge in [0.15, 0.2) is 19.0 Å². The van der Waals surface area contributed by atoms with Crippen molar-refractivity contribution in [2.75, 3.05) is 13.2 Å². The maximum absolute atomic E-state index is 13.0. The molecule has 178 valence electrons. The van der Waals surface area contributed by atoms with Gasteiger partial charge in [-0.25, -0.2) is 4.79 Å². The van der Waals surface area contributed by atoms with Gasteiger partial charge in [-0.15, -0.1) is 11.8 Å². The minimum Gasteiger partial charge on any atom is -0.484 e. The summed E-state index contributed by atoms with van der Waals surface area (Å²) in [5.74, 6) is -0.473. The summed E-state index contributed by atoms with van der Waals surface area (Å²) in [6.45, 7) is 5.24. The Morgan fingerprint density at radius 3 is 2.26 bits per heavy atom. The van der Waals surface area contributed by atoms with Crippen LogP contribution in [0.4, 0.5) is 0 Å². The lowest BCUT2D eigenvalue weighted by atomic mass is 9.87. The van der Waals surface area contributed by atoms with Gasteiger partial charge < -0.3 is 19.7 Å². The predicted molar refractivity (Wildman–Crippen MR) is 134 cm³/mol. The van der Waals surface area contributed by atoms with Crippen molar-refractivity contribution in [3.63, 3.8) is 0 Å². The summed E-state index contributed by atoms with van der Waals surface area (Å²) in [6.07, 6.45) is 0. The predicted octanol–water partition coefficient (Wildman–Crippen LogP) is 3.23. The molecule has 0 aromatic heterocycles.